The van der Waals surface area contributed by atoms with Crippen LogP contribution >= 0.6 is 0 Å². The number of ketones is 1. The summed E-state index contributed by atoms with van der Waals surface area (Å²) in [4.78, 5) is 21.2. The number of carboxylic acids is 1. The van der Waals surface area contributed by atoms with Crippen LogP contribution in [0.15, 0.2) is 12.7 Å². The molecule has 4 nitrogen and oxygen atoms in total. The van der Waals surface area contributed by atoms with Gasteiger partial charge in [0.2, 0.25) is 0 Å². The second-order valence-corrected chi connectivity index (χ2v) is 4.82. The van der Waals surface area contributed by atoms with Gasteiger partial charge in [-0.25, -0.2) is 0 Å². The van der Waals surface area contributed by atoms with E-state index < -0.39 is 5.97 Å². The van der Waals surface area contributed by atoms with Gasteiger partial charge in [-0.05, 0) is 25.5 Å². The van der Waals surface area contributed by atoms with Gasteiger partial charge in [0.1, 0.15) is 0 Å². The van der Waals surface area contributed by atoms with Crippen LogP contribution in [0.25, 0.3) is 0 Å². The maximum atomic E-state index is 10.9. The number of hydrogen-bond acceptors (Lipinski definition) is 3. The van der Waals surface area contributed by atoms with Crippen LogP contribution in [-0.4, -0.2) is 29.9 Å². The molecule has 0 aromatic rings. The molecule has 0 spiro atoms. The Balaban J connectivity index is 3.05. The third kappa shape index (κ3) is 14.8. The Morgan fingerprint density at radius 2 is 1.47 bits per heavy atom. The average molecular weight is 269 g/mol. The fourth-order valence-electron chi connectivity index (χ4n) is 1.87. The van der Waals surface area contributed by atoms with Crippen molar-refractivity contribution in [2.24, 2.45) is 0 Å². The predicted octanol–water partition coefficient (Wildman–Crippen LogP) is 2.93. The molecule has 0 radical (unpaired) electrons. The Bertz CT molecular complexity index is 264. The Hall–Kier alpha value is -1.16. The zero-order valence-electron chi connectivity index (χ0n) is 11.8. The molecule has 0 rings (SSSR count). The minimum Gasteiger partial charge on any atom is -0.481 e. The first kappa shape index (κ1) is 17.8. The van der Waals surface area contributed by atoms with Gasteiger partial charge < -0.3 is 10.4 Å². The minimum absolute atomic E-state index is 0.0429. The fraction of sp³-hybridized carbons (Fsp3) is 0.733. The van der Waals surface area contributed by atoms with E-state index in [0.717, 1.165) is 32.2 Å². The molecule has 0 bridgehead atoms. The van der Waals surface area contributed by atoms with Crippen LogP contribution in [0.2, 0.25) is 0 Å². The molecule has 0 amide bonds. The Labute approximate surface area is 116 Å². The summed E-state index contributed by atoms with van der Waals surface area (Å²) in [6.45, 7) is 4.70. The second-order valence-electron chi connectivity index (χ2n) is 4.82. The maximum absolute atomic E-state index is 10.9. The van der Waals surface area contributed by atoms with Crippen molar-refractivity contribution in [1.29, 1.82) is 0 Å². The topological polar surface area (TPSA) is 66.4 Å². The Morgan fingerprint density at radius 1 is 0.947 bits per heavy atom. The summed E-state index contributed by atoms with van der Waals surface area (Å²) in [7, 11) is 0. The molecule has 0 saturated heterocycles. The molecule has 110 valence electrons. The van der Waals surface area contributed by atoms with Crippen molar-refractivity contribution in [3.8, 4) is 0 Å². The van der Waals surface area contributed by atoms with Gasteiger partial charge in [-0.15, -0.1) is 0 Å². The van der Waals surface area contributed by atoms with Gasteiger partial charge in [0.15, 0.2) is 5.78 Å². The van der Waals surface area contributed by atoms with Gasteiger partial charge >= 0.3 is 5.97 Å². The summed E-state index contributed by atoms with van der Waals surface area (Å²) in [5.41, 5.74) is 0. The molecule has 0 saturated carbocycles. The van der Waals surface area contributed by atoms with E-state index in [2.05, 4.69) is 11.9 Å². The fourth-order valence-corrected chi connectivity index (χ4v) is 1.87. The van der Waals surface area contributed by atoms with E-state index in [0.29, 0.717) is 13.0 Å². The molecular weight excluding hydrogens is 242 g/mol. The average Bonchev–Trinajstić information content (AvgIpc) is 2.39. The highest BCUT2D eigenvalue weighted by molar-refractivity contribution is 5.90. The lowest BCUT2D eigenvalue weighted by Gasteiger charge is -2.03. The first-order valence-corrected chi connectivity index (χ1v) is 7.24. The molecule has 0 atom stereocenters. The summed E-state index contributed by atoms with van der Waals surface area (Å²) in [6, 6.07) is 0. The molecule has 0 aliphatic heterocycles. The number of rotatable bonds is 14. The van der Waals surface area contributed by atoms with Gasteiger partial charge in [-0.3, -0.25) is 9.59 Å². The highest BCUT2D eigenvalue weighted by Gasteiger charge is 1.97. The molecule has 19 heavy (non-hydrogen) atoms. The SMILES string of the molecule is C=CC(=O)CNCCCCCCCCCCC(=O)O. The lowest BCUT2D eigenvalue weighted by Crippen LogP contribution is -2.22. The van der Waals surface area contributed by atoms with E-state index in [1.165, 1.54) is 31.8 Å². The largest absolute Gasteiger partial charge is 0.481 e. The van der Waals surface area contributed by atoms with Crippen molar-refractivity contribution >= 4 is 11.8 Å². The number of carboxylic acid groups (broad SMARTS) is 1. The summed E-state index contributed by atoms with van der Waals surface area (Å²) in [5.74, 6) is -0.649. The zero-order chi connectivity index (χ0) is 14.3. The van der Waals surface area contributed by atoms with Crippen LogP contribution in [-0.2, 0) is 9.59 Å². The van der Waals surface area contributed by atoms with E-state index in [9.17, 15) is 9.59 Å². The monoisotopic (exact) mass is 269 g/mol. The lowest BCUT2D eigenvalue weighted by molar-refractivity contribution is -0.137. The molecule has 0 aromatic carbocycles. The Kier molecular flexibility index (Phi) is 12.5. The molecule has 0 aliphatic carbocycles. The first-order valence-electron chi connectivity index (χ1n) is 7.24. The summed E-state index contributed by atoms with van der Waals surface area (Å²) >= 11 is 0. The van der Waals surface area contributed by atoms with Crippen molar-refractivity contribution < 1.29 is 14.7 Å². The van der Waals surface area contributed by atoms with Gasteiger partial charge in [0, 0.05) is 6.42 Å². The highest BCUT2D eigenvalue weighted by Crippen LogP contribution is 2.09. The zero-order valence-corrected chi connectivity index (χ0v) is 11.8. The summed E-state index contributed by atoms with van der Waals surface area (Å²) < 4.78 is 0. The van der Waals surface area contributed by atoms with Gasteiger partial charge in [0.05, 0.1) is 6.54 Å². The van der Waals surface area contributed by atoms with E-state index >= 15 is 0 Å². The number of nitrogens with one attached hydrogen (secondary N) is 1. The smallest absolute Gasteiger partial charge is 0.303 e. The van der Waals surface area contributed by atoms with Crippen LogP contribution in [0.5, 0.6) is 0 Å². The van der Waals surface area contributed by atoms with E-state index in [4.69, 9.17) is 5.11 Å². The third-order valence-electron chi connectivity index (χ3n) is 3.02. The van der Waals surface area contributed by atoms with E-state index in [1.807, 2.05) is 0 Å². The lowest BCUT2D eigenvalue weighted by atomic mass is 10.1. The molecule has 2 N–H and O–H groups in total. The second kappa shape index (κ2) is 13.3. The number of hydrogen-bond donors (Lipinski definition) is 2. The van der Waals surface area contributed by atoms with Crippen molar-refractivity contribution in [3.05, 3.63) is 12.7 Å². The van der Waals surface area contributed by atoms with E-state index in [-0.39, 0.29) is 5.78 Å². The number of carbonyl (C=O) groups excluding carboxylic acids is 1. The van der Waals surface area contributed by atoms with Crippen LogP contribution in [0.3, 0.4) is 0 Å². The Morgan fingerprint density at radius 3 is 2.00 bits per heavy atom. The van der Waals surface area contributed by atoms with Crippen LogP contribution < -0.4 is 5.32 Å². The van der Waals surface area contributed by atoms with Crippen molar-refractivity contribution in [2.45, 2.75) is 57.8 Å². The number of aliphatic carboxylic acids is 1. The molecule has 4 heteroatoms. The first-order chi connectivity index (χ1) is 9.16. The minimum atomic E-state index is -0.692. The highest BCUT2D eigenvalue weighted by atomic mass is 16.4. The number of carbonyl (C=O) groups is 2. The predicted molar refractivity (Wildman–Crippen MR) is 77.3 cm³/mol. The van der Waals surface area contributed by atoms with Gasteiger partial charge in [-0.2, -0.15) is 0 Å². The van der Waals surface area contributed by atoms with Crippen LogP contribution in [0, 0.1) is 0 Å². The van der Waals surface area contributed by atoms with Crippen LogP contribution in [0.4, 0.5) is 0 Å². The van der Waals surface area contributed by atoms with Crippen molar-refractivity contribution in [2.75, 3.05) is 13.1 Å². The van der Waals surface area contributed by atoms with Crippen molar-refractivity contribution in [3.63, 3.8) is 0 Å². The summed E-state index contributed by atoms with van der Waals surface area (Å²) in [5, 5.41) is 11.6. The molecular formula is C15H27NO3. The quantitative estimate of drug-likeness (QED) is 0.376. The maximum Gasteiger partial charge on any atom is 0.303 e. The van der Waals surface area contributed by atoms with E-state index in [1.54, 1.807) is 0 Å². The molecule has 0 unspecified atom stereocenters. The van der Waals surface area contributed by atoms with Crippen molar-refractivity contribution in [1.82, 2.24) is 5.32 Å². The normalized spacial score (nSPS) is 10.3. The molecule has 0 fully saturated rings. The molecule has 0 heterocycles. The van der Waals surface area contributed by atoms with Gasteiger partial charge in [-0.1, -0.05) is 45.1 Å². The van der Waals surface area contributed by atoms with Gasteiger partial charge in [0.25, 0.3) is 0 Å². The standard InChI is InChI=1S/C15H27NO3/c1-2-14(17)13-16-12-10-8-6-4-3-5-7-9-11-15(18)19/h2,16H,1,3-13H2,(H,18,19). The molecule has 0 aliphatic rings. The molecule has 0 aromatic heterocycles. The number of unbranched alkanes of at least 4 members (excludes halogenated alkanes) is 7. The van der Waals surface area contributed by atoms with Crippen LogP contribution in [0.1, 0.15) is 57.8 Å². The third-order valence-corrected chi connectivity index (χ3v) is 3.02. The summed E-state index contributed by atoms with van der Waals surface area (Å²) in [6.07, 6.45) is 10.5.